The van der Waals surface area contributed by atoms with Crippen molar-refractivity contribution in [1.82, 2.24) is 14.5 Å². The second-order valence-corrected chi connectivity index (χ2v) is 17.0. The van der Waals surface area contributed by atoms with Gasteiger partial charge in [0.1, 0.15) is 21.2 Å². The number of carbonyl (C=O) groups excluding carboxylic acids is 2. The van der Waals surface area contributed by atoms with Crippen molar-refractivity contribution in [3.63, 3.8) is 0 Å². The van der Waals surface area contributed by atoms with E-state index in [2.05, 4.69) is 31.2 Å². The molecule has 6 atom stereocenters. The van der Waals surface area contributed by atoms with Crippen molar-refractivity contribution in [2.75, 3.05) is 44.1 Å². The molecule has 2 fully saturated rings. The Morgan fingerprint density at radius 1 is 1.04 bits per heavy atom. The van der Waals surface area contributed by atoms with Crippen molar-refractivity contribution in [2.45, 2.75) is 70.6 Å². The van der Waals surface area contributed by atoms with Gasteiger partial charge in [-0.15, -0.1) is 9.46 Å². The van der Waals surface area contributed by atoms with Gasteiger partial charge in [-0.1, -0.05) is 24.6 Å². The zero-order valence-corrected chi connectivity index (χ0v) is 31.6. The number of hydrogen-bond acceptors (Lipinski definition) is 9. The largest absolute Gasteiger partial charge is 0.491 e. The predicted octanol–water partition coefficient (Wildman–Crippen LogP) is 6.00. The highest BCUT2D eigenvalue weighted by Gasteiger charge is 2.44. The van der Waals surface area contributed by atoms with Crippen molar-refractivity contribution in [1.29, 1.82) is 0 Å². The van der Waals surface area contributed by atoms with E-state index in [9.17, 15) is 13.8 Å². The molecule has 280 valence electrons. The summed E-state index contributed by atoms with van der Waals surface area (Å²) in [6, 6.07) is 11.4. The first-order valence-electron chi connectivity index (χ1n) is 18.3. The minimum Gasteiger partial charge on any atom is -0.491 e. The lowest BCUT2D eigenvalue weighted by molar-refractivity contribution is -0.181. The highest BCUT2D eigenvalue weighted by atomic mass is 35.5. The number of carbonyl (C=O) groups is 2. The maximum absolute atomic E-state index is 14.7. The van der Waals surface area contributed by atoms with Gasteiger partial charge in [-0.2, -0.15) is 0 Å². The highest BCUT2D eigenvalue weighted by molar-refractivity contribution is 7.92. The molecule has 1 saturated heterocycles. The van der Waals surface area contributed by atoms with Crippen LogP contribution in [0.25, 0.3) is 0 Å². The standard InChI is InChI=1S/C38H48ClN5O7S/c1-24-7-13-34-35(51-17-16-50-34)30-12-9-28(30)21-44-20-27-8-11-29(39)18-25(27)6-4-5-15-49-33-14-10-26(19-32(33)44)36(45)41-52(47,23-24)42-37(46)31-22-43(2)40-38(31)48-3/h8,10-11,14,18-19,22,24,28,30,34-35H,4-7,9,12-13,15-17,20-21,23H2,1-3H3,(H,41,42,45,46,47)/t24-,28-,30+,34+,35+,52?/m0/s1. The van der Waals surface area contributed by atoms with Crippen molar-refractivity contribution >= 4 is 39.0 Å². The molecule has 1 aliphatic carbocycles. The molecule has 1 N–H and O–H groups in total. The Kier molecular flexibility index (Phi) is 11.1. The number of methoxy groups -OCH3 is 1. The van der Waals surface area contributed by atoms with E-state index in [0.29, 0.717) is 61.8 Å². The van der Waals surface area contributed by atoms with Gasteiger partial charge in [-0.05, 0) is 104 Å². The van der Waals surface area contributed by atoms with E-state index < -0.39 is 21.7 Å². The molecule has 2 aromatic carbocycles. The summed E-state index contributed by atoms with van der Waals surface area (Å²) in [6.07, 6.45) is 7.45. The molecule has 1 saturated carbocycles. The SMILES string of the molecule is COc1nn(C)cc1C(=O)NS1(=O)=NC(=O)c2ccc3c(c2)N(Cc2ccc(Cl)cc2CCCCO3)C[C@@H]2CC[C@H]2[C@H]2OCCO[C@@H]2CC[C@H](C)C1. The smallest absolute Gasteiger partial charge is 0.286 e. The number of halogens is 1. The monoisotopic (exact) mass is 753 g/mol. The van der Waals surface area contributed by atoms with Crippen LogP contribution in [0.15, 0.2) is 47.0 Å². The van der Waals surface area contributed by atoms with Gasteiger partial charge < -0.3 is 23.8 Å². The number of hydrogen-bond donors (Lipinski definition) is 1. The van der Waals surface area contributed by atoms with Crippen LogP contribution >= 0.6 is 11.6 Å². The summed E-state index contributed by atoms with van der Waals surface area (Å²) in [5.74, 6) is -0.163. The first-order chi connectivity index (χ1) is 25.1. The fourth-order valence-electron chi connectivity index (χ4n) is 8.00. The molecular weight excluding hydrogens is 706 g/mol. The van der Waals surface area contributed by atoms with Crippen LogP contribution < -0.4 is 19.1 Å². The lowest BCUT2D eigenvalue weighted by atomic mass is 9.68. The van der Waals surface area contributed by atoms with Gasteiger partial charge >= 0.3 is 0 Å². The molecule has 52 heavy (non-hydrogen) atoms. The molecule has 1 unspecified atom stereocenters. The molecule has 4 aliphatic rings. The van der Waals surface area contributed by atoms with Crippen LogP contribution in [0, 0.1) is 17.8 Å². The Labute approximate surface area is 310 Å². The van der Waals surface area contributed by atoms with Gasteiger partial charge in [0, 0.05) is 36.9 Å². The van der Waals surface area contributed by atoms with Crippen molar-refractivity contribution in [2.24, 2.45) is 29.2 Å². The maximum Gasteiger partial charge on any atom is 0.286 e. The summed E-state index contributed by atoms with van der Waals surface area (Å²) >= 11 is 6.49. The Balaban J connectivity index is 1.32. The van der Waals surface area contributed by atoms with E-state index in [1.54, 1.807) is 19.2 Å². The van der Waals surface area contributed by atoms with Crippen LogP contribution in [0.1, 0.15) is 77.3 Å². The Bertz CT molecular complexity index is 1930. The fraction of sp³-hybridized carbons (Fsp3) is 0.553. The number of aromatic nitrogens is 2. The minimum atomic E-state index is -3.62. The third-order valence-corrected chi connectivity index (χ3v) is 13.0. The summed E-state index contributed by atoms with van der Waals surface area (Å²) in [5.41, 5.74) is 3.50. The van der Waals surface area contributed by atoms with Crippen LogP contribution in [0.3, 0.4) is 0 Å². The molecular formula is C38H48ClN5O7S. The Morgan fingerprint density at radius 2 is 1.88 bits per heavy atom. The van der Waals surface area contributed by atoms with E-state index in [1.807, 2.05) is 19.1 Å². The van der Waals surface area contributed by atoms with Crippen molar-refractivity contribution in [3.05, 3.63) is 69.9 Å². The van der Waals surface area contributed by atoms with E-state index in [0.717, 1.165) is 44.3 Å². The molecule has 0 radical (unpaired) electrons. The van der Waals surface area contributed by atoms with Crippen molar-refractivity contribution < 1.29 is 32.7 Å². The lowest BCUT2D eigenvalue weighted by Gasteiger charge is -2.48. The Hall–Kier alpha value is -3.65. The van der Waals surface area contributed by atoms with Crippen LogP contribution in [-0.4, -0.2) is 77.2 Å². The minimum absolute atomic E-state index is 0.0309. The molecule has 1 aromatic heterocycles. The normalized spacial score (nSPS) is 28.3. The topological polar surface area (TPSA) is 134 Å². The third-order valence-electron chi connectivity index (χ3n) is 10.8. The van der Waals surface area contributed by atoms with Gasteiger partial charge in [-0.3, -0.25) is 19.0 Å². The van der Waals surface area contributed by atoms with Crippen LogP contribution in [0.4, 0.5) is 5.69 Å². The highest BCUT2D eigenvalue weighted by Crippen LogP contribution is 2.44. The average molecular weight is 754 g/mol. The van der Waals surface area contributed by atoms with E-state index in [4.69, 9.17) is 30.5 Å². The lowest BCUT2D eigenvalue weighted by Crippen LogP contribution is -2.51. The van der Waals surface area contributed by atoms with E-state index in [1.165, 1.54) is 29.1 Å². The number of nitrogens with one attached hydrogen (secondary N) is 1. The zero-order chi connectivity index (χ0) is 36.4. The number of ether oxygens (including phenoxy) is 4. The summed E-state index contributed by atoms with van der Waals surface area (Å²) in [7, 11) is -0.555. The van der Waals surface area contributed by atoms with Crippen LogP contribution in [0.5, 0.6) is 11.6 Å². The van der Waals surface area contributed by atoms with Gasteiger partial charge in [0.25, 0.3) is 11.8 Å². The van der Waals surface area contributed by atoms with Gasteiger partial charge in [0.05, 0.1) is 50.6 Å². The molecule has 7 rings (SSSR count). The number of aryl methyl sites for hydroxylation is 2. The number of benzene rings is 2. The van der Waals surface area contributed by atoms with Gasteiger partial charge in [0.2, 0.25) is 5.88 Å². The quantitative estimate of drug-likeness (QED) is 0.342. The second-order valence-electron chi connectivity index (χ2n) is 14.6. The average Bonchev–Trinajstić information content (AvgIpc) is 3.48. The molecule has 0 spiro atoms. The molecule has 4 heterocycles. The number of fused-ring (bicyclic) bond motifs is 5. The van der Waals surface area contributed by atoms with Crippen LogP contribution in [0.2, 0.25) is 5.02 Å². The fourth-order valence-corrected chi connectivity index (χ4v) is 10.1. The van der Waals surface area contributed by atoms with E-state index in [-0.39, 0.29) is 40.9 Å². The molecule has 3 aliphatic heterocycles. The van der Waals surface area contributed by atoms with Crippen molar-refractivity contribution in [3.8, 4) is 11.6 Å². The maximum atomic E-state index is 14.7. The summed E-state index contributed by atoms with van der Waals surface area (Å²) < 4.78 is 47.6. The predicted molar refractivity (Wildman–Crippen MR) is 198 cm³/mol. The van der Waals surface area contributed by atoms with Gasteiger partial charge in [0.15, 0.2) is 0 Å². The summed E-state index contributed by atoms with van der Waals surface area (Å²) in [6.45, 7) is 4.87. The Morgan fingerprint density at radius 3 is 2.69 bits per heavy atom. The first-order valence-corrected chi connectivity index (χ1v) is 20.4. The van der Waals surface area contributed by atoms with E-state index >= 15 is 0 Å². The molecule has 2 bridgehead atoms. The number of amides is 2. The first kappa shape index (κ1) is 36.7. The van der Waals surface area contributed by atoms with Gasteiger partial charge in [-0.25, -0.2) is 4.21 Å². The number of rotatable bonds is 3. The molecule has 12 nitrogen and oxygen atoms in total. The molecule has 2 amide bonds. The number of anilines is 1. The summed E-state index contributed by atoms with van der Waals surface area (Å²) in [5, 5.41) is 4.87. The molecule has 14 heteroatoms. The second kappa shape index (κ2) is 15.8. The van der Waals surface area contributed by atoms with Crippen LogP contribution in [-0.2, 0) is 39.4 Å². The molecule has 3 aromatic rings. The third kappa shape index (κ3) is 8.12. The number of nitrogens with zero attached hydrogens (tertiary/aromatic N) is 4. The summed E-state index contributed by atoms with van der Waals surface area (Å²) in [4.78, 5) is 30.0. The zero-order valence-electron chi connectivity index (χ0n) is 30.1.